The Labute approximate surface area is 202 Å². The van der Waals surface area contributed by atoms with E-state index in [2.05, 4.69) is 41.3 Å². The quantitative estimate of drug-likeness (QED) is 0.252. The fourth-order valence-electron chi connectivity index (χ4n) is 3.32. The number of piperidine rings is 1. The summed E-state index contributed by atoms with van der Waals surface area (Å²) < 4.78 is 17.9. The van der Waals surface area contributed by atoms with E-state index in [-0.39, 0.29) is 24.0 Å². The molecule has 172 valence electrons. The van der Waals surface area contributed by atoms with E-state index in [1.165, 1.54) is 0 Å². The van der Waals surface area contributed by atoms with Crippen LogP contribution in [0.15, 0.2) is 35.3 Å². The van der Waals surface area contributed by atoms with Gasteiger partial charge in [0.2, 0.25) is 0 Å². The Kier molecular flexibility index (Phi) is 14.6. The molecular weight excluding hydrogens is 511 g/mol. The lowest BCUT2D eigenvalue weighted by Crippen LogP contribution is -2.49. The van der Waals surface area contributed by atoms with Crippen molar-refractivity contribution in [3.05, 3.63) is 35.9 Å². The molecule has 1 aliphatic heterocycles. The molecule has 1 aromatic carbocycles. The Morgan fingerprint density at radius 3 is 2.60 bits per heavy atom. The number of ether oxygens (including phenoxy) is 1. The molecule has 1 unspecified atom stereocenters. The molecule has 30 heavy (non-hydrogen) atoms. The Balaban J connectivity index is 0.00000450. The van der Waals surface area contributed by atoms with Gasteiger partial charge >= 0.3 is 0 Å². The molecule has 0 saturated carbocycles. The van der Waals surface area contributed by atoms with Crippen molar-refractivity contribution in [1.29, 1.82) is 0 Å². The molecule has 0 aliphatic carbocycles. The third kappa shape index (κ3) is 11.6. The lowest BCUT2D eigenvalue weighted by atomic mass is 10.1. The third-order valence-corrected chi connectivity index (χ3v) is 6.18. The van der Waals surface area contributed by atoms with Gasteiger partial charge in [-0.3, -0.25) is 9.20 Å². The first kappa shape index (κ1) is 27.3. The van der Waals surface area contributed by atoms with Gasteiger partial charge in [0.05, 0.1) is 19.3 Å². The SMILES string of the molecule is CCNC(=NCCS(=O)Cc1ccccc1)NC1CCN(CCOC(C)C)CC1.I. The van der Waals surface area contributed by atoms with Gasteiger partial charge in [-0.15, -0.1) is 24.0 Å². The predicted molar refractivity (Wildman–Crippen MR) is 138 cm³/mol. The molecule has 1 saturated heterocycles. The van der Waals surface area contributed by atoms with E-state index in [4.69, 9.17) is 4.74 Å². The molecule has 1 atom stereocenters. The van der Waals surface area contributed by atoms with Crippen molar-refractivity contribution < 1.29 is 8.95 Å². The zero-order chi connectivity index (χ0) is 20.9. The van der Waals surface area contributed by atoms with Crippen molar-refractivity contribution in [2.45, 2.75) is 51.5 Å². The summed E-state index contributed by atoms with van der Waals surface area (Å²) in [5.41, 5.74) is 1.12. The van der Waals surface area contributed by atoms with Gasteiger partial charge in [0.15, 0.2) is 5.96 Å². The summed E-state index contributed by atoms with van der Waals surface area (Å²) in [6.07, 6.45) is 2.51. The molecule has 2 N–H and O–H groups in total. The van der Waals surface area contributed by atoms with E-state index < -0.39 is 10.8 Å². The summed E-state index contributed by atoms with van der Waals surface area (Å²) in [5.74, 6) is 2.02. The fraction of sp³-hybridized carbons (Fsp3) is 0.682. The highest BCUT2D eigenvalue weighted by Crippen LogP contribution is 2.10. The topological polar surface area (TPSA) is 66.0 Å². The monoisotopic (exact) mass is 550 g/mol. The van der Waals surface area contributed by atoms with Crippen LogP contribution in [0, 0.1) is 0 Å². The van der Waals surface area contributed by atoms with Crippen LogP contribution in [0.4, 0.5) is 0 Å². The summed E-state index contributed by atoms with van der Waals surface area (Å²) in [6.45, 7) is 11.6. The average Bonchev–Trinajstić information content (AvgIpc) is 2.70. The number of hydrogen-bond acceptors (Lipinski definition) is 4. The summed E-state index contributed by atoms with van der Waals surface area (Å²) >= 11 is 0. The number of rotatable bonds is 11. The van der Waals surface area contributed by atoms with E-state index in [0.717, 1.165) is 57.2 Å². The van der Waals surface area contributed by atoms with Crippen molar-refractivity contribution in [1.82, 2.24) is 15.5 Å². The van der Waals surface area contributed by atoms with Crippen molar-refractivity contribution in [3.63, 3.8) is 0 Å². The van der Waals surface area contributed by atoms with Crippen molar-refractivity contribution in [2.75, 3.05) is 45.1 Å². The van der Waals surface area contributed by atoms with Gasteiger partial charge in [-0.25, -0.2) is 0 Å². The number of benzene rings is 1. The van der Waals surface area contributed by atoms with Gasteiger partial charge < -0.3 is 20.3 Å². The fourth-order valence-corrected chi connectivity index (χ4v) is 4.33. The molecule has 0 aromatic heterocycles. The summed E-state index contributed by atoms with van der Waals surface area (Å²) in [7, 11) is -0.891. The van der Waals surface area contributed by atoms with Gasteiger partial charge in [0.1, 0.15) is 0 Å². The Morgan fingerprint density at radius 1 is 1.27 bits per heavy atom. The number of nitrogens with one attached hydrogen (secondary N) is 2. The highest BCUT2D eigenvalue weighted by molar-refractivity contribution is 14.0. The highest BCUT2D eigenvalue weighted by Gasteiger charge is 2.19. The standard InChI is InChI=1S/C22H38N4O2S.HI/c1-4-23-22(24-12-17-29(27)18-20-8-6-5-7-9-20)25-21-10-13-26(14-11-21)15-16-28-19(2)3;/h5-9,19,21H,4,10-18H2,1-3H3,(H2,23,24,25);1H. The van der Waals surface area contributed by atoms with Gasteiger partial charge in [-0.05, 0) is 39.2 Å². The second-order valence-electron chi connectivity index (χ2n) is 7.71. The van der Waals surface area contributed by atoms with Crippen LogP contribution in [-0.2, 0) is 21.3 Å². The van der Waals surface area contributed by atoms with Gasteiger partial charge in [0.25, 0.3) is 0 Å². The van der Waals surface area contributed by atoms with E-state index in [0.29, 0.717) is 30.2 Å². The molecule has 1 fully saturated rings. The highest BCUT2D eigenvalue weighted by atomic mass is 127. The first-order valence-electron chi connectivity index (χ1n) is 10.8. The molecule has 6 nitrogen and oxygen atoms in total. The van der Waals surface area contributed by atoms with Crippen LogP contribution in [0.2, 0.25) is 0 Å². The Bertz CT molecular complexity index is 623. The van der Waals surface area contributed by atoms with Crippen LogP contribution < -0.4 is 10.6 Å². The third-order valence-electron chi connectivity index (χ3n) is 4.89. The zero-order valence-electron chi connectivity index (χ0n) is 18.6. The molecule has 1 heterocycles. The van der Waals surface area contributed by atoms with E-state index in [1.807, 2.05) is 30.3 Å². The molecule has 1 aliphatic rings. The molecule has 0 spiro atoms. The first-order valence-corrected chi connectivity index (χ1v) is 12.3. The lowest BCUT2D eigenvalue weighted by molar-refractivity contribution is 0.0532. The lowest BCUT2D eigenvalue weighted by Gasteiger charge is -2.33. The average molecular weight is 551 g/mol. The normalized spacial score (nSPS) is 16.9. The maximum atomic E-state index is 12.3. The molecule has 0 radical (unpaired) electrons. The summed E-state index contributed by atoms with van der Waals surface area (Å²) in [4.78, 5) is 7.11. The molecule has 8 heteroatoms. The van der Waals surface area contributed by atoms with Crippen LogP contribution in [0.5, 0.6) is 0 Å². The predicted octanol–water partition coefficient (Wildman–Crippen LogP) is 3.00. The number of halogens is 1. The number of likely N-dealkylation sites (tertiary alicyclic amines) is 1. The minimum absolute atomic E-state index is 0. The summed E-state index contributed by atoms with van der Waals surface area (Å²) in [6, 6.07) is 10.4. The first-order chi connectivity index (χ1) is 14.1. The van der Waals surface area contributed by atoms with Crippen LogP contribution in [0.1, 0.15) is 39.2 Å². The van der Waals surface area contributed by atoms with E-state index in [9.17, 15) is 4.21 Å². The van der Waals surface area contributed by atoms with Crippen LogP contribution >= 0.6 is 24.0 Å². The molecule has 0 bridgehead atoms. The van der Waals surface area contributed by atoms with Crippen molar-refractivity contribution in [2.24, 2.45) is 4.99 Å². The molecular formula is C22H39IN4O2S. The number of nitrogens with zero attached hydrogens (tertiary/aromatic N) is 2. The second kappa shape index (κ2) is 16.0. The number of hydrogen-bond donors (Lipinski definition) is 2. The van der Waals surface area contributed by atoms with Gasteiger partial charge in [-0.2, -0.15) is 0 Å². The molecule has 1 aromatic rings. The second-order valence-corrected chi connectivity index (χ2v) is 9.29. The minimum Gasteiger partial charge on any atom is -0.377 e. The molecule has 2 rings (SSSR count). The Hall–Kier alpha value is -0.710. The van der Waals surface area contributed by atoms with Crippen LogP contribution in [-0.4, -0.2) is 72.3 Å². The Morgan fingerprint density at radius 2 is 1.97 bits per heavy atom. The molecule has 0 amide bonds. The van der Waals surface area contributed by atoms with Crippen LogP contribution in [0.25, 0.3) is 0 Å². The van der Waals surface area contributed by atoms with E-state index >= 15 is 0 Å². The van der Waals surface area contributed by atoms with Crippen molar-refractivity contribution in [3.8, 4) is 0 Å². The number of aliphatic imine (C=N–C) groups is 1. The zero-order valence-corrected chi connectivity index (χ0v) is 21.8. The summed E-state index contributed by atoms with van der Waals surface area (Å²) in [5, 5.41) is 6.87. The van der Waals surface area contributed by atoms with Crippen LogP contribution in [0.3, 0.4) is 0 Å². The van der Waals surface area contributed by atoms with Gasteiger partial charge in [0, 0.05) is 54.5 Å². The van der Waals surface area contributed by atoms with Gasteiger partial charge in [-0.1, -0.05) is 30.3 Å². The number of guanidine groups is 1. The maximum absolute atomic E-state index is 12.3. The largest absolute Gasteiger partial charge is 0.377 e. The van der Waals surface area contributed by atoms with Crippen molar-refractivity contribution >= 4 is 40.7 Å². The smallest absolute Gasteiger partial charge is 0.191 e. The van der Waals surface area contributed by atoms with E-state index in [1.54, 1.807) is 0 Å². The maximum Gasteiger partial charge on any atom is 0.191 e. The minimum atomic E-state index is -0.891.